The number of aliphatic hydroxyl groups excluding tert-OH is 1. The Bertz CT molecular complexity index is 1650. The van der Waals surface area contributed by atoms with Gasteiger partial charge in [-0.05, 0) is 102 Å². The summed E-state index contributed by atoms with van der Waals surface area (Å²) in [6.45, 7) is 13.0. The smallest absolute Gasteiger partial charge is 0.420 e. The number of benzene rings is 2. The number of aliphatic hydroxyl groups is 1. The van der Waals surface area contributed by atoms with Crippen LogP contribution in [0.4, 0.5) is 21.0 Å². The highest BCUT2D eigenvalue weighted by Gasteiger charge is 2.40. The van der Waals surface area contributed by atoms with E-state index in [4.69, 9.17) is 14.2 Å². The fourth-order valence-corrected chi connectivity index (χ4v) is 5.56. The van der Waals surface area contributed by atoms with Gasteiger partial charge in [-0.1, -0.05) is 13.0 Å². The maximum Gasteiger partial charge on any atom is 0.420 e. The van der Waals surface area contributed by atoms with Gasteiger partial charge in [-0.2, -0.15) is 5.26 Å². The molecule has 0 radical (unpaired) electrons. The minimum absolute atomic E-state index is 0.0229. The van der Waals surface area contributed by atoms with E-state index in [1.165, 1.54) is 23.1 Å². The van der Waals surface area contributed by atoms with Crippen molar-refractivity contribution in [1.29, 1.82) is 5.26 Å². The number of hydrogen-bond donors (Lipinski definition) is 2. The zero-order chi connectivity index (χ0) is 37.7. The number of nitrogens with zero attached hydrogens (tertiary/aromatic N) is 4. The molecule has 2 aromatic rings. The summed E-state index contributed by atoms with van der Waals surface area (Å²) in [4.78, 5) is 70.1. The maximum absolute atomic E-state index is 13.6. The van der Waals surface area contributed by atoms with E-state index in [1.807, 2.05) is 6.07 Å². The van der Waals surface area contributed by atoms with E-state index >= 15 is 0 Å². The van der Waals surface area contributed by atoms with Gasteiger partial charge in [0.05, 0.1) is 24.8 Å². The normalized spacial score (nSPS) is 17.6. The number of carbonyl (C=O) groups is 5. The summed E-state index contributed by atoms with van der Waals surface area (Å²) in [6, 6.07) is 12.8. The number of likely N-dealkylation sites (tertiary alicyclic amines) is 1. The van der Waals surface area contributed by atoms with Gasteiger partial charge >= 0.3 is 12.2 Å². The van der Waals surface area contributed by atoms with E-state index in [0.717, 1.165) is 12.8 Å². The molecule has 2 atom stereocenters. The molecule has 51 heavy (non-hydrogen) atoms. The third kappa shape index (κ3) is 10.3. The van der Waals surface area contributed by atoms with Crippen molar-refractivity contribution in [2.75, 3.05) is 36.5 Å². The Balaban J connectivity index is 1.49. The molecule has 0 unspecified atom stereocenters. The lowest BCUT2D eigenvalue weighted by molar-refractivity contribution is -0.150. The second kappa shape index (κ2) is 15.9. The highest BCUT2D eigenvalue weighted by atomic mass is 16.6. The third-order valence-corrected chi connectivity index (χ3v) is 8.20. The van der Waals surface area contributed by atoms with E-state index < -0.39 is 54.0 Å². The third-order valence-electron chi connectivity index (χ3n) is 8.20. The molecule has 2 heterocycles. The van der Waals surface area contributed by atoms with Crippen LogP contribution in [0.5, 0.6) is 0 Å². The molecule has 0 aromatic heterocycles. The number of anilines is 2. The van der Waals surface area contributed by atoms with E-state index in [-0.39, 0.29) is 35.9 Å². The molecule has 274 valence electrons. The Morgan fingerprint density at radius 3 is 2.22 bits per heavy atom. The number of ether oxygens (including phenoxy) is 3. The van der Waals surface area contributed by atoms with E-state index in [9.17, 15) is 34.3 Å². The Morgan fingerprint density at radius 1 is 1.00 bits per heavy atom. The average Bonchev–Trinajstić information content (AvgIpc) is 3.05. The highest BCUT2D eigenvalue weighted by Crippen LogP contribution is 2.26. The van der Waals surface area contributed by atoms with Crippen molar-refractivity contribution in [1.82, 2.24) is 9.80 Å². The lowest BCUT2D eigenvalue weighted by Crippen LogP contribution is -2.55. The number of hydrogen-bond acceptors (Lipinski definition) is 10. The summed E-state index contributed by atoms with van der Waals surface area (Å²) in [5.41, 5.74) is -0.629. The summed E-state index contributed by atoms with van der Waals surface area (Å²) < 4.78 is 16.4. The molecule has 0 saturated carbocycles. The fraction of sp³-hybridized carbons (Fsp3) is 0.514. The molecule has 4 rings (SSSR count). The van der Waals surface area contributed by atoms with Crippen molar-refractivity contribution in [2.24, 2.45) is 5.92 Å². The molecule has 2 aliphatic heterocycles. The first-order valence-electron chi connectivity index (χ1n) is 16.9. The standard InChI is InChI=1S/C37H47N5O9/c1-23-13-15-40(16-14-23)32(45)24-9-8-10-28(20-24)41-17-18-49-30(33(41)46)29(43)31(44)39-27-12-11-25(21-38)26(19-27)22-42(34(47)50-36(2,3)4)35(48)51-37(5,6)7/h8-12,19-20,23,29-30,43H,13-18,22H2,1-7H3,(H,39,44)/t29-,30-/m1/s1. The van der Waals surface area contributed by atoms with Crippen LogP contribution in [0.3, 0.4) is 0 Å². The zero-order valence-corrected chi connectivity index (χ0v) is 30.2. The van der Waals surface area contributed by atoms with Crippen molar-refractivity contribution in [3.63, 3.8) is 0 Å². The molecule has 2 fully saturated rings. The Morgan fingerprint density at radius 2 is 1.63 bits per heavy atom. The summed E-state index contributed by atoms with van der Waals surface area (Å²) in [5, 5.41) is 23.3. The van der Waals surface area contributed by atoms with Crippen LogP contribution in [-0.4, -0.2) is 94.5 Å². The molecule has 2 aliphatic rings. The van der Waals surface area contributed by atoms with E-state index in [1.54, 1.807) is 70.7 Å². The molecule has 14 nitrogen and oxygen atoms in total. The number of piperidine rings is 1. The predicted molar refractivity (Wildman–Crippen MR) is 187 cm³/mol. The lowest BCUT2D eigenvalue weighted by Gasteiger charge is -2.34. The molecule has 0 aliphatic carbocycles. The van der Waals surface area contributed by atoms with Gasteiger partial charge in [-0.15, -0.1) is 0 Å². The number of nitrogens with one attached hydrogen (secondary N) is 1. The minimum Gasteiger partial charge on any atom is -0.443 e. The van der Waals surface area contributed by atoms with Crippen LogP contribution >= 0.6 is 0 Å². The van der Waals surface area contributed by atoms with Gasteiger partial charge in [0.15, 0.2) is 12.2 Å². The quantitative estimate of drug-likeness (QED) is 0.405. The molecule has 14 heteroatoms. The van der Waals surface area contributed by atoms with Crippen LogP contribution in [0.1, 0.15) is 82.8 Å². The molecule has 2 aromatic carbocycles. The van der Waals surface area contributed by atoms with E-state index in [2.05, 4.69) is 12.2 Å². The second-order valence-electron chi connectivity index (χ2n) is 14.8. The topological polar surface area (TPSA) is 179 Å². The monoisotopic (exact) mass is 705 g/mol. The Kier molecular flexibility index (Phi) is 12.1. The lowest BCUT2D eigenvalue weighted by atomic mass is 9.98. The predicted octanol–water partition coefficient (Wildman–Crippen LogP) is 4.83. The van der Waals surface area contributed by atoms with Gasteiger partial charge in [0.1, 0.15) is 11.2 Å². The van der Waals surface area contributed by atoms with Crippen LogP contribution in [0.25, 0.3) is 0 Å². The molecule has 2 N–H and O–H groups in total. The summed E-state index contributed by atoms with van der Waals surface area (Å²) in [6.07, 6.45) is -3.63. The van der Waals surface area contributed by atoms with Gasteiger partial charge in [0, 0.05) is 36.6 Å². The first-order chi connectivity index (χ1) is 23.9. The average molecular weight is 706 g/mol. The number of carbonyl (C=O) groups excluding carboxylic acids is 5. The van der Waals surface area contributed by atoms with Crippen LogP contribution < -0.4 is 10.2 Å². The molecule has 5 amide bonds. The van der Waals surface area contributed by atoms with Gasteiger partial charge < -0.3 is 34.4 Å². The van der Waals surface area contributed by atoms with Crippen LogP contribution in [0, 0.1) is 17.2 Å². The highest BCUT2D eigenvalue weighted by molar-refractivity contribution is 6.04. The van der Waals surface area contributed by atoms with Gasteiger partial charge in [0.2, 0.25) is 0 Å². The molecular formula is C37H47N5O9. The van der Waals surface area contributed by atoms with Gasteiger partial charge in [-0.25, -0.2) is 14.5 Å². The number of imide groups is 1. The SMILES string of the molecule is CC1CCN(C(=O)c2cccc(N3CCO[C@H]([C@@H](O)C(=O)Nc4ccc(C#N)c(CN(C(=O)OC(C)(C)C)C(=O)OC(C)(C)C)c4)C3=O)c2)CC1. The first-order valence-corrected chi connectivity index (χ1v) is 16.9. The summed E-state index contributed by atoms with van der Waals surface area (Å²) in [5.74, 6) is -1.19. The molecule has 0 bridgehead atoms. The summed E-state index contributed by atoms with van der Waals surface area (Å²) in [7, 11) is 0. The molecular weight excluding hydrogens is 658 g/mol. The fourth-order valence-electron chi connectivity index (χ4n) is 5.56. The Hall–Kier alpha value is -5.00. The van der Waals surface area contributed by atoms with Crippen LogP contribution in [0.15, 0.2) is 42.5 Å². The van der Waals surface area contributed by atoms with Crippen molar-refractivity contribution in [3.8, 4) is 6.07 Å². The van der Waals surface area contributed by atoms with E-state index in [0.29, 0.717) is 35.2 Å². The number of nitriles is 1. The molecule has 0 spiro atoms. The second-order valence-corrected chi connectivity index (χ2v) is 14.8. The van der Waals surface area contributed by atoms with Crippen molar-refractivity contribution in [2.45, 2.75) is 91.3 Å². The Labute approximate surface area is 298 Å². The number of amides is 5. The largest absolute Gasteiger partial charge is 0.443 e. The molecule has 2 saturated heterocycles. The first kappa shape index (κ1) is 38.8. The van der Waals surface area contributed by atoms with Gasteiger partial charge in [-0.3, -0.25) is 14.4 Å². The van der Waals surface area contributed by atoms with Crippen molar-refractivity contribution in [3.05, 3.63) is 59.2 Å². The number of morpholine rings is 1. The minimum atomic E-state index is -1.93. The van der Waals surface area contributed by atoms with Gasteiger partial charge in [0.25, 0.3) is 17.7 Å². The van der Waals surface area contributed by atoms with Crippen LogP contribution in [0.2, 0.25) is 0 Å². The van der Waals surface area contributed by atoms with Crippen molar-refractivity contribution < 1.29 is 43.3 Å². The summed E-state index contributed by atoms with van der Waals surface area (Å²) >= 11 is 0. The van der Waals surface area contributed by atoms with Crippen LogP contribution in [-0.2, 0) is 30.3 Å². The number of rotatable bonds is 7. The van der Waals surface area contributed by atoms with Crippen molar-refractivity contribution >= 4 is 41.3 Å². The maximum atomic E-state index is 13.6. The zero-order valence-electron chi connectivity index (χ0n) is 30.2.